The summed E-state index contributed by atoms with van der Waals surface area (Å²) >= 11 is 1.62. The minimum absolute atomic E-state index is 0.0285. The minimum Gasteiger partial charge on any atom is -0.462 e. The zero-order chi connectivity index (χ0) is 23.5. The van der Waals surface area contributed by atoms with E-state index in [2.05, 4.69) is 0 Å². The van der Waals surface area contributed by atoms with Crippen molar-refractivity contribution in [1.82, 2.24) is 0 Å². The van der Waals surface area contributed by atoms with Crippen LogP contribution in [0.5, 0.6) is 0 Å². The number of ketones is 1. The van der Waals surface area contributed by atoms with E-state index in [1.54, 1.807) is 11.8 Å². The van der Waals surface area contributed by atoms with Crippen LogP contribution < -0.4 is 0 Å². The smallest absolute Gasteiger partial charge is 0.313 e. The molecule has 1 fully saturated rings. The van der Waals surface area contributed by atoms with Gasteiger partial charge in [-0.2, -0.15) is 0 Å². The van der Waals surface area contributed by atoms with Crippen molar-refractivity contribution >= 4 is 23.5 Å². The van der Waals surface area contributed by atoms with E-state index in [1.165, 1.54) is 0 Å². The third kappa shape index (κ3) is 4.94. The van der Waals surface area contributed by atoms with E-state index in [0.29, 0.717) is 18.6 Å². The molecule has 3 aromatic rings. The first-order chi connectivity index (χ1) is 16.6. The van der Waals surface area contributed by atoms with Gasteiger partial charge in [0.2, 0.25) is 0 Å². The normalized spacial score (nSPS) is 20.2. The Morgan fingerprint density at radius 1 is 1.06 bits per heavy atom. The van der Waals surface area contributed by atoms with Crippen LogP contribution in [-0.4, -0.2) is 37.4 Å². The number of hydrogen-bond acceptors (Lipinski definition) is 6. The van der Waals surface area contributed by atoms with E-state index >= 15 is 0 Å². The number of benzene rings is 3. The van der Waals surface area contributed by atoms with E-state index in [9.17, 15) is 9.59 Å². The summed E-state index contributed by atoms with van der Waals surface area (Å²) in [5.41, 5.74) is 4.44. The lowest BCUT2D eigenvalue weighted by molar-refractivity contribution is -0.149. The molecule has 0 saturated carbocycles. The van der Waals surface area contributed by atoms with Crippen LogP contribution in [0, 0.1) is 0 Å². The minimum atomic E-state index is -0.450. The second kappa shape index (κ2) is 10.1. The SMILES string of the molecule is CC(C(=O)OCC1COC(Cc2ccccc2)O1)c1ccc2c(c1)SCc1ccccc1C2=O. The molecule has 3 unspecified atom stereocenters. The maximum atomic E-state index is 13.0. The number of carbonyl (C=O) groups excluding carboxylic acids is 2. The molecule has 0 aromatic heterocycles. The second-order valence-corrected chi connectivity index (χ2v) is 9.61. The summed E-state index contributed by atoms with van der Waals surface area (Å²) in [6.07, 6.45) is 0.0623. The Morgan fingerprint density at radius 2 is 1.85 bits per heavy atom. The van der Waals surface area contributed by atoms with Crippen molar-refractivity contribution in [2.75, 3.05) is 13.2 Å². The van der Waals surface area contributed by atoms with Gasteiger partial charge in [0.15, 0.2) is 12.1 Å². The number of rotatable bonds is 6. The van der Waals surface area contributed by atoms with Gasteiger partial charge < -0.3 is 14.2 Å². The van der Waals surface area contributed by atoms with Crippen LogP contribution in [0.3, 0.4) is 0 Å². The van der Waals surface area contributed by atoms with Crippen molar-refractivity contribution in [2.45, 2.75) is 42.3 Å². The van der Waals surface area contributed by atoms with Crippen LogP contribution in [-0.2, 0) is 31.2 Å². The molecule has 0 bridgehead atoms. The molecule has 2 aliphatic heterocycles. The lowest BCUT2D eigenvalue weighted by Gasteiger charge is -2.16. The van der Waals surface area contributed by atoms with Gasteiger partial charge in [-0.3, -0.25) is 9.59 Å². The number of ether oxygens (including phenoxy) is 3. The van der Waals surface area contributed by atoms with E-state index in [1.807, 2.05) is 79.7 Å². The van der Waals surface area contributed by atoms with Gasteiger partial charge in [-0.25, -0.2) is 0 Å². The molecule has 0 aliphatic carbocycles. The average molecular weight is 475 g/mol. The Hall–Kier alpha value is -2.93. The van der Waals surface area contributed by atoms with Gasteiger partial charge in [-0.15, -0.1) is 11.8 Å². The zero-order valence-electron chi connectivity index (χ0n) is 18.9. The summed E-state index contributed by atoms with van der Waals surface area (Å²) in [6, 6.07) is 23.4. The highest BCUT2D eigenvalue weighted by molar-refractivity contribution is 7.98. The summed E-state index contributed by atoms with van der Waals surface area (Å²) in [5.74, 6) is -0.0152. The predicted octanol–water partition coefficient (Wildman–Crippen LogP) is 5.15. The van der Waals surface area contributed by atoms with Gasteiger partial charge in [0, 0.05) is 28.2 Å². The fourth-order valence-corrected chi connectivity index (χ4v) is 5.33. The lowest BCUT2D eigenvalue weighted by Crippen LogP contribution is -2.24. The molecule has 0 amide bonds. The predicted molar refractivity (Wildman–Crippen MR) is 130 cm³/mol. The first kappa shape index (κ1) is 22.8. The second-order valence-electron chi connectivity index (χ2n) is 8.59. The van der Waals surface area contributed by atoms with Gasteiger partial charge in [0.25, 0.3) is 0 Å². The molecule has 34 heavy (non-hydrogen) atoms. The van der Waals surface area contributed by atoms with Crippen molar-refractivity contribution < 1.29 is 23.8 Å². The van der Waals surface area contributed by atoms with Gasteiger partial charge in [0.1, 0.15) is 12.7 Å². The maximum Gasteiger partial charge on any atom is 0.313 e. The lowest BCUT2D eigenvalue weighted by atomic mass is 9.95. The van der Waals surface area contributed by atoms with Crippen molar-refractivity contribution in [3.63, 3.8) is 0 Å². The third-order valence-electron chi connectivity index (χ3n) is 6.22. The fourth-order valence-electron chi connectivity index (χ4n) is 4.23. The number of esters is 1. The Labute approximate surface area is 203 Å². The van der Waals surface area contributed by atoms with Crippen LogP contribution in [0.2, 0.25) is 0 Å². The molecule has 2 heterocycles. The van der Waals surface area contributed by atoms with E-state index in [4.69, 9.17) is 14.2 Å². The van der Waals surface area contributed by atoms with Gasteiger partial charge in [-0.05, 0) is 35.7 Å². The molecule has 5 rings (SSSR count). The molecular weight excluding hydrogens is 448 g/mol. The van der Waals surface area contributed by atoms with E-state index in [-0.39, 0.29) is 30.8 Å². The number of hydrogen-bond donors (Lipinski definition) is 0. The Morgan fingerprint density at radius 3 is 2.71 bits per heavy atom. The summed E-state index contributed by atoms with van der Waals surface area (Å²) in [5, 5.41) is 0. The molecule has 2 aliphatic rings. The van der Waals surface area contributed by atoms with Crippen LogP contribution in [0.15, 0.2) is 77.7 Å². The quantitative estimate of drug-likeness (QED) is 0.460. The highest BCUT2D eigenvalue weighted by Crippen LogP contribution is 2.35. The number of carbonyl (C=O) groups is 2. The topological polar surface area (TPSA) is 61.8 Å². The molecule has 3 atom stereocenters. The Balaban J connectivity index is 1.18. The first-order valence-corrected chi connectivity index (χ1v) is 12.4. The highest BCUT2D eigenvalue weighted by atomic mass is 32.2. The molecular formula is C28H26O5S. The van der Waals surface area contributed by atoms with Crippen molar-refractivity contribution in [3.8, 4) is 0 Å². The number of fused-ring (bicyclic) bond motifs is 2. The standard InChI is InChI=1S/C28H26O5S/c1-18(28(30)32-16-22-15-31-26(33-22)13-19-7-3-2-4-8-19)20-11-12-24-25(14-20)34-17-21-9-5-6-10-23(21)27(24)29/h2-12,14,18,22,26H,13,15-17H2,1H3. The molecule has 0 spiro atoms. The average Bonchev–Trinajstić information content (AvgIpc) is 3.27. The van der Waals surface area contributed by atoms with Crippen LogP contribution >= 0.6 is 11.8 Å². The molecule has 3 aromatic carbocycles. The monoisotopic (exact) mass is 474 g/mol. The van der Waals surface area contributed by atoms with Crippen molar-refractivity contribution in [2.24, 2.45) is 0 Å². The fraction of sp³-hybridized carbons (Fsp3) is 0.286. The van der Waals surface area contributed by atoms with Gasteiger partial charge >= 0.3 is 5.97 Å². The summed E-state index contributed by atoms with van der Waals surface area (Å²) < 4.78 is 17.2. The van der Waals surface area contributed by atoms with Crippen LogP contribution in [0.1, 0.15) is 45.5 Å². The molecule has 6 heteroatoms. The zero-order valence-corrected chi connectivity index (χ0v) is 19.8. The van der Waals surface area contributed by atoms with Gasteiger partial charge in [-0.1, -0.05) is 60.7 Å². The van der Waals surface area contributed by atoms with E-state index < -0.39 is 5.92 Å². The molecule has 0 N–H and O–H groups in total. The van der Waals surface area contributed by atoms with Crippen molar-refractivity contribution in [3.05, 3.63) is 101 Å². The maximum absolute atomic E-state index is 13.0. The summed E-state index contributed by atoms with van der Waals surface area (Å²) in [7, 11) is 0. The third-order valence-corrected chi connectivity index (χ3v) is 7.32. The van der Waals surface area contributed by atoms with Crippen molar-refractivity contribution in [1.29, 1.82) is 0 Å². The molecule has 1 saturated heterocycles. The van der Waals surface area contributed by atoms with Gasteiger partial charge in [0.05, 0.1) is 12.5 Å². The van der Waals surface area contributed by atoms with Crippen LogP contribution in [0.25, 0.3) is 0 Å². The molecule has 0 radical (unpaired) electrons. The Kier molecular flexibility index (Phi) is 6.81. The van der Waals surface area contributed by atoms with E-state index in [0.717, 1.165) is 32.9 Å². The first-order valence-electron chi connectivity index (χ1n) is 11.5. The molecule has 5 nitrogen and oxygen atoms in total. The summed E-state index contributed by atoms with van der Waals surface area (Å²) in [6.45, 7) is 2.38. The molecule has 174 valence electrons. The van der Waals surface area contributed by atoms with Crippen LogP contribution in [0.4, 0.5) is 0 Å². The largest absolute Gasteiger partial charge is 0.462 e. The number of thioether (sulfide) groups is 1. The summed E-state index contributed by atoms with van der Waals surface area (Å²) in [4.78, 5) is 26.7. The highest BCUT2D eigenvalue weighted by Gasteiger charge is 2.29. The Bertz CT molecular complexity index is 1190.